The van der Waals surface area contributed by atoms with Crippen LogP contribution in [0.15, 0.2) is 42.5 Å². The molecule has 0 aliphatic heterocycles. The molecule has 1 N–H and O–H groups in total. The number of carbonyl (C=O) groups excluding carboxylic acids is 2. The second-order valence-corrected chi connectivity index (χ2v) is 5.16. The molecule has 8 nitrogen and oxygen atoms in total. The van der Waals surface area contributed by atoms with Crippen molar-refractivity contribution >= 4 is 23.3 Å². The number of hydrogen-bond acceptors (Lipinski definition) is 6. The van der Waals surface area contributed by atoms with Crippen LogP contribution >= 0.6 is 0 Å². The minimum absolute atomic E-state index is 0.0407. The van der Waals surface area contributed by atoms with Crippen molar-refractivity contribution in [1.29, 1.82) is 0 Å². The van der Waals surface area contributed by atoms with Crippen molar-refractivity contribution in [3.05, 3.63) is 64.0 Å². The molecular formula is C17H15FN2O6. The second-order valence-electron chi connectivity index (χ2n) is 5.16. The number of methoxy groups -OCH3 is 1. The molecule has 0 heterocycles. The molecule has 0 aromatic heterocycles. The number of anilines is 1. The molecule has 2 aromatic carbocycles. The molecule has 0 aliphatic rings. The zero-order chi connectivity index (χ0) is 19.3. The van der Waals surface area contributed by atoms with Gasteiger partial charge in [0, 0.05) is 12.1 Å². The number of nitro groups is 1. The van der Waals surface area contributed by atoms with E-state index >= 15 is 0 Å². The van der Waals surface area contributed by atoms with Gasteiger partial charge in [0.1, 0.15) is 17.3 Å². The number of benzene rings is 2. The quantitative estimate of drug-likeness (QED) is 0.481. The van der Waals surface area contributed by atoms with E-state index < -0.39 is 28.7 Å². The number of amides is 1. The first-order valence-corrected chi connectivity index (χ1v) is 7.42. The summed E-state index contributed by atoms with van der Waals surface area (Å²) in [5.74, 6) is -2.47. The lowest BCUT2D eigenvalue weighted by Gasteiger charge is -2.14. The summed E-state index contributed by atoms with van der Waals surface area (Å²) in [4.78, 5) is 34.4. The van der Waals surface area contributed by atoms with Gasteiger partial charge in [-0.25, -0.2) is 9.18 Å². The summed E-state index contributed by atoms with van der Waals surface area (Å²) < 4.78 is 23.6. The van der Waals surface area contributed by atoms with Gasteiger partial charge in [0.25, 0.3) is 11.6 Å². The van der Waals surface area contributed by atoms with Gasteiger partial charge >= 0.3 is 5.97 Å². The van der Waals surface area contributed by atoms with Crippen LogP contribution in [-0.4, -0.2) is 30.0 Å². The third-order valence-corrected chi connectivity index (χ3v) is 3.41. The highest BCUT2D eigenvalue weighted by Gasteiger charge is 2.23. The van der Waals surface area contributed by atoms with Gasteiger partial charge in [-0.05, 0) is 25.1 Å². The van der Waals surface area contributed by atoms with Crippen molar-refractivity contribution in [2.24, 2.45) is 0 Å². The Hall–Kier alpha value is -3.49. The summed E-state index contributed by atoms with van der Waals surface area (Å²) in [6.07, 6.45) is -1.30. The van der Waals surface area contributed by atoms with Crippen LogP contribution in [0.2, 0.25) is 0 Å². The second kappa shape index (κ2) is 8.06. The topological polar surface area (TPSA) is 108 Å². The van der Waals surface area contributed by atoms with E-state index in [1.807, 2.05) is 0 Å². The van der Waals surface area contributed by atoms with Gasteiger partial charge in [-0.15, -0.1) is 0 Å². The fourth-order valence-electron chi connectivity index (χ4n) is 2.04. The van der Waals surface area contributed by atoms with E-state index in [9.17, 15) is 24.1 Å². The fraction of sp³-hybridized carbons (Fsp3) is 0.176. The van der Waals surface area contributed by atoms with Crippen LogP contribution in [0, 0.1) is 15.9 Å². The van der Waals surface area contributed by atoms with Gasteiger partial charge in [0.2, 0.25) is 0 Å². The number of nitrogens with one attached hydrogen (secondary N) is 1. The molecule has 26 heavy (non-hydrogen) atoms. The third kappa shape index (κ3) is 4.32. The third-order valence-electron chi connectivity index (χ3n) is 3.41. The summed E-state index contributed by atoms with van der Waals surface area (Å²) >= 11 is 0. The number of esters is 1. The van der Waals surface area contributed by atoms with E-state index in [4.69, 9.17) is 9.47 Å². The summed E-state index contributed by atoms with van der Waals surface area (Å²) in [5, 5.41) is 13.3. The number of para-hydroxylation sites is 2. The number of carbonyl (C=O) groups is 2. The van der Waals surface area contributed by atoms with Crippen LogP contribution in [0.3, 0.4) is 0 Å². The number of nitro benzene ring substituents is 1. The lowest BCUT2D eigenvalue weighted by Crippen LogP contribution is -2.30. The Morgan fingerprint density at radius 3 is 2.54 bits per heavy atom. The van der Waals surface area contributed by atoms with E-state index in [0.717, 1.165) is 6.07 Å². The lowest BCUT2D eigenvalue weighted by atomic mass is 10.2. The maximum Gasteiger partial charge on any atom is 0.341 e. The molecule has 0 spiro atoms. The molecule has 0 unspecified atom stereocenters. The zero-order valence-corrected chi connectivity index (χ0v) is 13.9. The first-order chi connectivity index (χ1) is 12.3. The Kier molecular flexibility index (Phi) is 5.84. The standard InChI is InChI=1S/C17H15FN2O6/c1-10(16(21)19-14-5-3-4-6-15(14)20(23)24)26-17(22)12-8-7-11(25-2)9-13(12)18/h3-10H,1-2H3,(H,19,21)/t10-/m0/s1. The normalized spacial score (nSPS) is 11.3. The van der Waals surface area contributed by atoms with E-state index in [0.29, 0.717) is 0 Å². The van der Waals surface area contributed by atoms with Crippen LogP contribution < -0.4 is 10.1 Å². The van der Waals surface area contributed by atoms with Gasteiger partial charge in [-0.3, -0.25) is 14.9 Å². The molecule has 0 saturated carbocycles. The van der Waals surface area contributed by atoms with Gasteiger partial charge < -0.3 is 14.8 Å². The molecule has 9 heteroatoms. The molecule has 1 atom stereocenters. The first kappa shape index (κ1) is 18.8. The SMILES string of the molecule is COc1ccc(C(=O)O[C@@H](C)C(=O)Nc2ccccc2[N+](=O)[O-])c(F)c1. The molecule has 0 fully saturated rings. The van der Waals surface area contributed by atoms with Crippen LogP contribution in [0.4, 0.5) is 15.8 Å². The largest absolute Gasteiger partial charge is 0.497 e. The highest BCUT2D eigenvalue weighted by molar-refractivity contribution is 5.98. The van der Waals surface area contributed by atoms with Gasteiger partial charge in [-0.2, -0.15) is 0 Å². The summed E-state index contributed by atoms with van der Waals surface area (Å²) in [7, 11) is 1.35. The Labute approximate surface area is 147 Å². The van der Waals surface area contributed by atoms with Gasteiger partial charge in [0.15, 0.2) is 6.10 Å². The van der Waals surface area contributed by atoms with Gasteiger partial charge in [-0.1, -0.05) is 12.1 Å². The van der Waals surface area contributed by atoms with Crippen molar-refractivity contribution in [3.8, 4) is 5.75 Å². The van der Waals surface area contributed by atoms with Crippen LogP contribution in [0.1, 0.15) is 17.3 Å². The number of hydrogen-bond donors (Lipinski definition) is 1. The first-order valence-electron chi connectivity index (χ1n) is 7.42. The minimum atomic E-state index is -1.30. The van der Waals surface area contributed by atoms with E-state index in [-0.39, 0.29) is 22.7 Å². The Bertz CT molecular complexity index is 855. The summed E-state index contributed by atoms with van der Waals surface area (Å²) in [6, 6.07) is 9.07. The number of halogens is 1. The predicted octanol–water partition coefficient (Wildman–Crippen LogP) is 2.93. The number of ether oxygens (including phenoxy) is 2. The summed E-state index contributed by atoms with van der Waals surface area (Å²) in [5.41, 5.74) is -0.710. The number of nitrogens with zero attached hydrogens (tertiary/aromatic N) is 1. The Morgan fingerprint density at radius 2 is 1.92 bits per heavy atom. The average Bonchev–Trinajstić information content (AvgIpc) is 2.61. The maximum absolute atomic E-state index is 13.9. The molecule has 0 bridgehead atoms. The van der Waals surface area contributed by atoms with Crippen molar-refractivity contribution in [2.75, 3.05) is 12.4 Å². The Balaban J connectivity index is 2.07. The minimum Gasteiger partial charge on any atom is -0.497 e. The molecule has 136 valence electrons. The Morgan fingerprint density at radius 1 is 1.23 bits per heavy atom. The lowest BCUT2D eigenvalue weighted by molar-refractivity contribution is -0.383. The van der Waals surface area contributed by atoms with Crippen molar-refractivity contribution < 1.29 is 28.4 Å². The van der Waals surface area contributed by atoms with E-state index in [1.165, 1.54) is 50.4 Å². The molecule has 2 rings (SSSR count). The monoisotopic (exact) mass is 362 g/mol. The predicted molar refractivity (Wildman–Crippen MR) is 89.6 cm³/mol. The van der Waals surface area contributed by atoms with Crippen molar-refractivity contribution in [1.82, 2.24) is 0 Å². The van der Waals surface area contributed by atoms with E-state index in [2.05, 4.69) is 5.32 Å². The van der Waals surface area contributed by atoms with Crippen LogP contribution in [0.5, 0.6) is 5.75 Å². The zero-order valence-electron chi connectivity index (χ0n) is 13.9. The average molecular weight is 362 g/mol. The van der Waals surface area contributed by atoms with Crippen LogP contribution in [0.25, 0.3) is 0 Å². The van der Waals surface area contributed by atoms with E-state index in [1.54, 1.807) is 0 Å². The van der Waals surface area contributed by atoms with Crippen molar-refractivity contribution in [3.63, 3.8) is 0 Å². The van der Waals surface area contributed by atoms with Crippen LogP contribution in [-0.2, 0) is 9.53 Å². The molecule has 0 saturated heterocycles. The smallest absolute Gasteiger partial charge is 0.341 e. The number of rotatable bonds is 6. The highest BCUT2D eigenvalue weighted by Crippen LogP contribution is 2.23. The molecule has 1 amide bonds. The highest BCUT2D eigenvalue weighted by atomic mass is 19.1. The fourth-order valence-corrected chi connectivity index (χ4v) is 2.04. The molecular weight excluding hydrogens is 347 g/mol. The molecule has 0 aliphatic carbocycles. The summed E-state index contributed by atoms with van der Waals surface area (Å²) in [6.45, 7) is 1.27. The van der Waals surface area contributed by atoms with Crippen molar-refractivity contribution in [2.45, 2.75) is 13.0 Å². The molecule has 2 aromatic rings. The maximum atomic E-state index is 13.9. The molecule has 0 radical (unpaired) electrons. The van der Waals surface area contributed by atoms with Gasteiger partial charge in [0.05, 0.1) is 17.6 Å².